The van der Waals surface area contributed by atoms with Crippen LogP contribution in [0.2, 0.25) is 5.02 Å². The van der Waals surface area contributed by atoms with Gasteiger partial charge in [0.2, 0.25) is 0 Å². The molecule has 0 saturated carbocycles. The molecular weight excluding hydrogens is 354 g/mol. The summed E-state index contributed by atoms with van der Waals surface area (Å²) in [6, 6.07) is 8.00. The molecule has 3 aliphatic rings. The van der Waals surface area contributed by atoms with Gasteiger partial charge in [0.25, 0.3) is 0 Å². The summed E-state index contributed by atoms with van der Waals surface area (Å²) in [6.07, 6.45) is 0.807. The van der Waals surface area contributed by atoms with E-state index in [-0.39, 0.29) is 11.6 Å². The fraction of sp³-hybridized carbons (Fsp3) is 0.632. The molecule has 1 aromatic rings. The largest absolute Gasteiger partial charge is 0.447 e. The summed E-state index contributed by atoms with van der Waals surface area (Å²) in [7, 11) is 0. The molecule has 0 N–H and O–H groups in total. The Hall–Kier alpha value is -1.34. The maximum absolute atomic E-state index is 12.3. The molecule has 4 rings (SSSR count). The van der Waals surface area contributed by atoms with E-state index in [9.17, 15) is 4.79 Å². The number of carbonyl (C=O) groups excluding carboxylic acids is 1. The van der Waals surface area contributed by atoms with E-state index in [0.29, 0.717) is 6.61 Å². The second-order valence-corrected chi connectivity index (χ2v) is 7.91. The molecule has 1 atom stereocenters. The molecule has 26 heavy (non-hydrogen) atoms. The zero-order valence-corrected chi connectivity index (χ0v) is 15.8. The maximum atomic E-state index is 12.3. The van der Waals surface area contributed by atoms with Crippen LogP contribution in [0.15, 0.2) is 24.3 Å². The Morgan fingerprint density at radius 1 is 1.04 bits per heavy atom. The molecule has 1 unspecified atom stereocenters. The first-order valence-corrected chi connectivity index (χ1v) is 9.74. The van der Waals surface area contributed by atoms with Crippen molar-refractivity contribution < 1.29 is 14.3 Å². The van der Waals surface area contributed by atoms with Crippen LogP contribution in [0.3, 0.4) is 0 Å². The number of hydrogen-bond acceptors (Lipinski definition) is 5. The lowest BCUT2D eigenvalue weighted by Gasteiger charge is -2.34. The monoisotopic (exact) mass is 379 g/mol. The molecule has 0 aromatic heterocycles. The standard InChI is InChI=1S/C19H26ClN3O3/c20-17-3-1-16(2-4-17)13-22-6-5-19(14-22)15-26-18(24)23(19)8-7-21-9-11-25-12-10-21/h1-4H,5-15H2. The Bertz CT molecular complexity index is 635. The summed E-state index contributed by atoms with van der Waals surface area (Å²) in [5.74, 6) is 0. The van der Waals surface area contributed by atoms with Crippen LogP contribution in [-0.4, -0.2) is 85.4 Å². The molecule has 1 spiro atoms. The zero-order valence-electron chi connectivity index (χ0n) is 15.0. The van der Waals surface area contributed by atoms with Gasteiger partial charge in [-0.05, 0) is 24.1 Å². The van der Waals surface area contributed by atoms with Crippen LogP contribution in [0.4, 0.5) is 4.79 Å². The predicted octanol–water partition coefficient (Wildman–Crippen LogP) is 2.07. The summed E-state index contributed by atoms with van der Waals surface area (Å²) in [5, 5.41) is 0.760. The number of rotatable bonds is 5. The quantitative estimate of drug-likeness (QED) is 0.783. The lowest BCUT2D eigenvalue weighted by Crippen LogP contribution is -2.52. The number of benzene rings is 1. The van der Waals surface area contributed by atoms with Gasteiger partial charge in [0.05, 0.1) is 18.8 Å². The Morgan fingerprint density at radius 2 is 1.81 bits per heavy atom. The molecule has 0 bridgehead atoms. The lowest BCUT2D eigenvalue weighted by molar-refractivity contribution is 0.0316. The van der Waals surface area contributed by atoms with Crippen LogP contribution in [-0.2, 0) is 16.0 Å². The minimum absolute atomic E-state index is 0.161. The molecule has 3 heterocycles. The van der Waals surface area contributed by atoms with Crippen LogP contribution in [0.5, 0.6) is 0 Å². The van der Waals surface area contributed by atoms with E-state index in [0.717, 1.165) is 70.5 Å². The average molecular weight is 380 g/mol. The lowest BCUT2D eigenvalue weighted by atomic mass is 9.98. The first-order chi connectivity index (χ1) is 12.6. The van der Waals surface area contributed by atoms with E-state index < -0.39 is 0 Å². The second kappa shape index (κ2) is 7.72. The topological polar surface area (TPSA) is 45.2 Å². The fourth-order valence-electron chi connectivity index (χ4n) is 4.20. The summed E-state index contributed by atoms with van der Waals surface area (Å²) >= 11 is 5.97. The van der Waals surface area contributed by atoms with Gasteiger partial charge >= 0.3 is 6.09 Å². The highest BCUT2D eigenvalue weighted by Crippen LogP contribution is 2.34. The number of carbonyl (C=O) groups is 1. The van der Waals surface area contributed by atoms with E-state index in [1.54, 1.807) is 0 Å². The average Bonchev–Trinajstić information content (AvgIpc) is 3.20. The van der Waals surface area contributed by atoms with E-state index in [4.69, 9.17) is 21.1 Å². The number of hydrogen-bond donors (Lipinski definition) is 0. The third kappa shape index (κ3) is 3.83. The molecule has 6 nitrogen and oxygen atoms in total. The molecule has 7 heteroatoms. The minimum Gasteiger partial charge on any atom is -0.447 e. The molecule has 0 radical (unpaired) electrons. The first-order valence-electron chi connectivity index (χ1n) is 9.36. The highest BCUT2D eigenvalue weighted by atomic mass is 35.5. The van der Waals surface area contributed by atoms with Gasteiger partial charge in [0, 0.05) is 50.8 Å². The predicted molar refractivity (Wildman–Crippen MR) is 99.4 cm³/mol. The van der Waals surface area contributed by atoms with Crippen molar-refractivity contribution in [1.82, 2.24) is 14.7 Å². The van der Waals surface area contributed by atoms with Gasteiger partial charge in [-0.1, -0.05) is 23.7 Å². The number of likely N-dealkylation sites (tertiary alicyclic amines) is 1. The maximum Gasteiger partial charge on any atom is 0.410 e. The molecule has 142 valence electrons. The normalized spacial score (nSPS) is 27.4. The van der Waals surface area contributed by atoms with Gasteiger partial charge in [-0.25, -0.2) is 4.79 Å². The van der Waals surface area contributed by atoms with Crippen LogP contribution in [0, 0.1) is 0 Å². The first kappa shape index (κ1) is 18.0. The van der Waals surface area contributed by atoms with Gasteiger partial charge in [-0.2, -0.15) is 0 Å². The molecule has 3 saturated heterocycles. The number of morpholine rings is 1. The fourth-order valence-corrected chi connectivity index (χ4v) is 4.33. The van der Waals surface area contributed by atoms with Crippen molar-refractivity contribution in [2.75, 3.05) is 59.1 Å². The summed E-state index contributed by atoms with van der Waals surface area (Å²) in [4.78, 5) is 19.1. The van der Waals surface area contributed by atoms with Crippen molar-refractivity contribution in [3.63, 3.8) is 0 Å². The van der Waals surface area contributed by atoms with Crippen molar-refractivity contribution >= 4 is 17.7 Å². The minimum atomic E-state index is -0.171. The van der Waals surface area contributed by atoms with E-state index in [1.807, 2.05) is 17.0 Å². The Morgan fingerprint density at radius 3 is 2.58 bits per heavy atom. The highest BCUT2D eigenvalue weighted by Gasteiger charge is 2.51. The van der Waals surface area contributed by atoms with Crippen LogP contribution >= 0.6 is 11.6 Å². The van der Waals surface area contributed by atoms with Gasteiger partial charge in [0.1, 0.15) is 6.61 Å². The van der Waals surface area contributed by atoms with Gasteiger partial charge < -0.3 is 9.47 Å². The Labute approximate surface area is 159 Å². The van der Waals surface area contributed by atoms with Crippen molar-refractivity contribution in [3.8, 4) is 0 Å². The van der Waals surface area contributed by atoms with Gasteiger partial charge in [-0.3, -0.25) is 14.7 Å². The van der Waals surface area contributed by atoms with Crippen molar-refractivity contribution in [2.24, 2.45) is 0 Å². The number of cyclic esters (lactones) is 1. The molecular formula is C19H26ClN3O3. The number of halogens is 1. The third-order valence-electron chi connectivity index (χ3n) is 5.73. The smallest absolute Gasteiger partial charge is 0.410 e. The van der Waals surface area contributed by atoms with Crippen LogP contribution < -0.4 is 0 Å². The molecule has 1 amide bonds. The Kier molecular flexibility index (Phi) is 5.36. The molecule has 1 aromatic carbocycles. The number of amides is 1. The molecule has 0 aliphatic carbocycles. The van der Waals surface area contributed by atoms with Crippen molar-refractivity contribution in [3.05, 3.63) is 34.9 Å². The van der Waals surface area contributed by atoms with Crippen LogP contribution in [0.1, 0.15) is 12.0 Å². The van der Waals surface area contributed by atoms with Crippen molar-refractivity contribution in [1.29, 1.82) is 0 Å². The zero-order chi connectivity index (χ0) is 18.0. The summed E-state index contributed by atoms with van der Waals surface area (Å²) < 4.78 is 10.9. The Balaban J connectivity index is 1.36. The summed E-state index contributed by atoms with van der Waals surface area (Å²) in [6.45, 7) is 8.30. The van der Waals surface area contributed by atoms with E-state index in [1.165, 1.54) is 5.56 Å². The number of ether oxygens (including phenoxy) is 2. The second-order valence-electron chi connectivity index (χ2n) is 7.47. The van der Waals surface area contributed by atoms with Crippen LogP contribution in [0.25, 0.3) is 0 Å². The summed E-state index contributed by atoms with van der Waals surface area (Å²) in [5.41, 5.74) is 1.08. The molecule has 3 fully saturated rings. The molecule has 3 aliphatic heterocycles. The highest BCUT2D eigenvalue weighted by molar-refractivity contribution is 6.30. The van der Waals surface area contributed by atoms with Gasteiger partial charge in [0.15, 0.2) is 0 Å². The van der Waals surface area contributed by atoms with Gasteiger partial charge in [-0.15, -0.1) is 0 Å². The SMILES string of the molecule is O=C1OCC2(CCN(Cc3ccc(Cl)cc3)C2)N1CCN1CCOCC1. The number of nitrogens with zero attached hydrogens (tertiary/aromatic N) is 3. The third-order valence-corrected chi connectivity index (χ3v) is 5.98. The van der Waals surface area contributed by atoms with Crippen molar-refractivity contribution in [2.45, 2.75) is 18.5 Å². The van der Waals surface area contributed by atoms with E-state index in [2.05, 4.69) is 21.9 Å². The van der Waals surface area contributed by atoms with E-state index >= 15 is 0 Å².